The largest absolute Gasteiger partial charge is 0.378 e. The molecule has 1 fully saturated rings. The standard InChI is InChI=1S/C20H20Cl2N4O5/c1-24(12-19(27)23-14-3-4-15(21)16(22)11-14)20(28)13-2-5-17(18(10-13)26(29)30)25-6-8-31-9-7-25/h2-5,10-11H,6-9,12H2,1H3,(H,23,27). The molecule has 0 atom stereocenters. The number of likely N-dealkylation sites (N-methyl/N-ethyl adjacent to an activating group) is 1. The van der Waals surface area contributed by atoms with E-state index in [1.165, 1.54) is 30.1 Å². The predicted octanol–water partition coefficient (Wildman–Crippen LogP) is 3.45. The zero-order chi connectivity index (χ0) is 22.5. The second kappa shape index (κ2) is 9.95. The number of amides is 2. The number of morpholine rings is 1. The number of nitro groups is 1. The average molecular weight is 467 g/mol. The van der Waals surface area contributed by atoms with Crippen LogP contribution in [0.3, 0.4) is 0 Å². The number of benzene rings is 2. The number of anilines is 2. The first-order valence-corrected chi connectivity index (χ1v) is 10.1. The van der Waals surface area contributed by atoms with Crippen LogP contribution in [0.2, 0.25) is 10.0 Å². The van der Waals surface area contributed by atoms with Crippen LogP contribution in [0.4, 0.5) is 17.1 Å². The number of ether oxygens (including phenoxy) is 1. The SMILES string of the molecule is CN(CC(=O)Nc1ccc(Cl)c(Cl)c1)C(=O)c1ccc(N2CCOCC2)c([N+](=O)[O-])c1. The molecule has 3 rings (SSSR count). The Kier molecular flexibility index (Phi) is 7.32. The number of nitro benzene ring substituents is 1. The summed E-state index contributed by atoms with van der Waals surface area (Å²) in [4.78, 5) is 39.1. The molecular weight excluding hydrogens is 447 g/mol. The van der Waals surface area contributed by atoms with Crippen molar-refractivity contribution in [3.63, 3.8) is 0 Å². The molecule has 2 aromatic carbocycles. The van der Waals surface area contributed by atoms with E-state index < -0.39 is 16.7 Å². The van der Waals surface area contributed by atoms with Crippen molar-refractivity contribution in [3.05, 3.63) is 62.1 Å². The van der Waals surface area contributed by atoms with E-state index in [2.05, 4.69) is 5.32 Å². The molecule has 0 saturated carbocycles. The summed E-state index contributed by atoms with van der Waals surface area (Å²) in [6.07, 6.45) is 0. The molecule has 0 radical (unpaired) electrons. The van der Waals surface area contributed by atoms with Crippen molar-refractivity contribution in [2.45, 2.75) is 0 Å². The lowest BCUT2D eigenvalue weighted by Crippen LogP contribution is -2.37. The molecule has 0 unspecified atom stereocenters. The van der Waals surface area contributed by atoms with E-state index in [0.717, 1.165) is 0 Å². The van der Waals surface area contributed by atoms with Gasteiger partial charge < -0.3 is 19.9 Å². The highest BCUT2D eigenvalue weighted by Gasteiger charge is 2.24. The molecular formula is C20H20Cl2N4O5. The monoisotopic (exact) mass is 466 g/mol. The zero-order valence-electron chi connectivity index (χ0n) is 16.6. The van der Waals surface area contributed by atoms with Crippen LogP contribution in [-0.4, -0.2) is 61.5 Å². The third kappa shape index (κ3) is 5.63. The van der Waals surface area contributed by atoms with Gasteiger partial charge in [-0.1, -0.05) is 23.2 Å². The van der Waals surface area contributed by atoms with Gasteiger partial charge in [-0.05, 0) is 30.3 Å². The fraction of sp³-hybridized carbons (Fsp3) is 0.300. The molecule has 1 heterocycles. The molecule has 164 valence electrons. The van der Waals surface area contributed by atoms with Crippen LogP contribution in [0, 0.1) is 10.1 Å². The Hall–Kier alpha value is -2.88. The van der Waals surface area contributed by atoms with Gasteiger partial charge in [-0.2, -0.15) is 0 Å². The maximum atomic E-state index is 12.7. The number of carbonyl (C=O) groups is 2. The Bertz CT molecular complexity index is 1010. The summed E-state index contributed by atoms with van der Waals surface area (Å²) in [5.41, 5.74) is 0.825. The molecule has 1 aliphatic rings. The van der Waals surface area contributed by atoms with Crippen molar-refractivity contribution in [1.82, 2.24) is 4.90 Å². The van der Waals surface area contributed by atoms with Crippen molar-refractivity contribution in [2.24, 2.45) is 0 Å². The first-order chi connectivity index (χ1) is 14.8. The molecule has 11 heteroatoms. The third-order valence-electron chi connectivity index (χ3n) is 4.70. The Labute approximate surface area is 188 Å². The molecule has 0 bridgehead atoms. The first-order valence-electron chi connectivity index (χ1n) is 9.38. The van der Waals surface area contributed by atoms with Gasteiger partial charge >= 0.3 is 0 Å². The summed E-state index contributed by atoms with van der Waals surface area (Å²) in [6.45, 7) is 1.77. The average Bonchev–Trinajstić information content (AvgIpc) is 2.75. The lowest BCUT2D eigenvalue weighted by Gasteiger charge is -2.28. The van der Waals surface area contributed by atoms with Crippen LogP contribution < -0.4 is 10.2 Å². The summed E-state index contributed by atoms with van der Waals surface area (Å²) in [5, 5.41) is 14.9. The smallest absolute Gasteiger partial charge is 0.293 e. The van der Waals surface area contributed by atoms with Crippen LogP contribution in [-0.2, 0) is 9.53 Å². The van der Waals surface area contributed by atoms with Gasteiger partial charge in [0.2, 0.25) is 5.91 Å². The van der Waals surface area contributed by atoms with Gasteiger partial charge in [0.25, 0.3) is 11.6 Å². The van der Waals surface area contributed by atoms with Gasteiger partial charge in [-0.15, -0.1) is 0 Å². The second-order valence-electron chi connectivity index (χ2n) is 6.90. The number of halogens is 2. The molecule has 0 aliphatic carbocycles. The van der Waals surface area contributed by atoms with Crippen LogP contribution >= 0.6 is 23.2 Å². The summed E-state index contributed by atoms with van der Waals surface area (Å²) in [5.74, 6) is -0.963. The highest BCUT2D eigenvalue weighted by molar-refractivity contribution is 6.42. The number of nitrogens with zero attached hydrogens (tertiary/aromatic N) is 3. The molecule has 1 saturated heterocycles. The number of nitrogens with one attached hydrogen (secondary N) is 1. The third-order valence-corrected chi connectivity index (χ3v) is 5.44. The minimum absolute atomic E-state index is 0.119. The Morgan fingerprint density at radius 1 is 1.16 bits per heavy atom. The number of hydrogen-bond donors (Lipinski definition) is 1. The minimum atomic E-state index is -0.515. The zero-order valence-corrected chi connectivity index (χ0v) is 18.2. The first kappa shape index (κ1) is 22.8. The number of hydrogen-bond acceptors (Lipinski definition) is 6. The van der Waals surface area contributed by atoms with Gasteiger partial charge in [-0.3, -0.25) is 19.7 Å². The molecule has 0 aromatic heterocycles. The van der Waals surface area contributed by atoms with E-state index in [0.29, 0.717) is 42.7 Å². The van der Waals surface area contributed by atoms with Crippen molar-refractivity contribution in [1.29, 1.82) is 0 Å². The van der Waals surface area contributed by atoms with Crippen molar-refractivity contribution in [3.8, 4) is 0 Å². The number of carbonyl (C=O) groups excluding carboxylic acids is 2. The lowest BCUT2D eigenvalue weighted by atomic mass is 10.1. The van der Waals surface area contributed by atoms with Gasteiger partial charge in [0.05, 0.1) is 34.7 Å². The predicted molar refractivity (Wildman–Crippen MR) is 118 cm³/mol. The van der Waals surface area contributed by atoms with E-state index in [9.17, 15) is 19.7 Å². The van der Waals surface area contributed by atoms with Crippen LogP contribution in [0.5, 0.6) is 0 Å². The molecule has 1 N–H and O–H groups in total. The fourth-order valence-corrected chi connectivity index (χ4v) is 3.45. The summed E-state index contributed by atoms with van der Waals surface area (Å²) < 4.78 is 5.28. The van der Waals surface area contributed by atoms with Crippen LogP contribution in [0.15, 0.2) is 36.4 Å². The maximum Gasteiger partial charge on any atom is 0.293 e. The van der Waals surface area contributed by atoms with Crippen LogP contribution in [0.1, 0.15) is 10.4 Å². The Morgan fingerprint density at radius 3 is 2.52 bits per heavy atom. The van der Waals surface area contributed by atoms with Crippen LogP contribution in [0.25, 0.3) is 0 Å². The van der Waals surface area contributed by atoms with Gasteiger partial charge in [0.1, 0.15) is 5.69 Å². The molecule has 0 spiro atoms. The van der Waals surface area contributed by atoms with Gasteiger partial charge in [0, 0.05) is 37.5 Å². The van der Waals surface area contributed by atoms with Gasteiger partial charge in [-0.25, -0.2) is 0 Å². The maximum absolute atomic E-state index is 12.7. The Morgan fingerprint density at radius 2 is 1.87 bits per heavy atom. The van der Waals surface area contributed by atoms with Crippen molar-refractivity contribution >= 4 is 52.1 Å². The normalized spacial score (nSPS) is 13.6. The molecule has 9 nitrogen and oxygen atoms in total. The minimum Gasteiger partial charge on any atom is -0.378 e. The van der Waals surface area contributed by atoms with E-state index in [1.807, 2.05) is 4.90 Å². The summed E-state index contributed by atoms with van der Waals surface area (Å²) in [6, 6.07) is 8.94. The van der Waals surface area contributed by atoms with Gasteiger partial charge in [0.15, 0.2) is 0 Å². The van der Waals surface area contributed by atoms with Crippen molar-refractivity contribution in [2.75, 3.05) is 50.1 Å². The highest BCUT2D eigenvalue weighted by atomic mass is 35.5. The van der Waals surface area contributed by atoms with E-state index in [-0.39, 0.29) is 22.8 Å². The fourth-order valence-electron chi connectivity index (χ4n) is 3.16. The number of rotatable bonds is 6. The molecule has 2 amide bonds. The van der Waals surface area contributed by atoms with E-state index in [4.69, 9.17) is 27.9 Å². The van der Waals surface area contributed by atoms with E-state index in [1.54, 1.807) is 18.2 Å². The highest BCUT2D eigenvalue weighted by Crippen LogP contribution is 2.30. The summed E-state index contributed by atoms with van der Waals surface area (Å²) in [7, 11) is 1.44. The lowest BCUT2D eigenvalue weighted by molar-refractivity contribution is -0.384. The van der Waals surface area contributed by atoms with E-state index >= 15 is 0 Å². The molecule has 1 aliphatic heterocycles. The molecule has 2 aromatic rings. The quantitative estimate of drug-likeness (QED) is 0.516. The molecule has 31 heavy (non-hydrogen) atoms. The topological polar surface area (TPSA) is 105 Å². The summed E-state index contributed by atoms with van der Waals surface area (Å²) >= 11 is 11.8. The Balaban J connectivity index is 1.70. The second-order valence-corrected chi connectivity index (χ2v) is 7.71. The van der Waals surface area contributed by atoms with Crippen molar-refractivity contribution < 1.29 is 19.2 Å².